The van der Waals surface area contributed by atoms with Crippen molar-refractivity contribution < 1.29 is 5.11 Å². The molecule has 1 fully saturated rings. The summed E-state index contributed by atoms with van der Waals surface area (Å²) < 4.78 is 2.87. The summed E-state index contributed by atoms with van der Waals surface area (Å²) in [5.74, 6) is 0. The van der Waals surface area contributed by atoms with E-state index in [4.69, 9.17) is 0 Å². The molecule has 0 saturated heterocycles. The molecule has 0 spiro atoms. The average Bonchev–Trinajstić information content (AvgIpc) is 2.46. The van der Waals surface area contributed by atoms with Gasteiger partial charge in [-0.3, -0.25) is 4.68 Å². The third kappa shape index (κ3) is 2.61. The summed E-state index contributed by atoms with van der Waals surface area (Å²) in [5, 5.41) is 14.7. The number of rotatable bonds is 2. The first-order valence-electron chi connectivity index (χ1n) is 5.51. The van der Waals surface area contributed by atoms with E-state index in [9.17, 15) is 5.11 Å². The summed E-state index contributed by atoms with van der Waals surface area (Å²) >= 11 is 3.43. The van der Waals surface area contributed by atoms with Gasteiger partial charge < -0.3 is 5.11 Å². The molecule has 1 aromatic heterocycles. The van der Waals surface area contributed by atoms with Crippen LogP contribution in [-0.2, 0) is 6.54 Å². The van der Waals surface area contributed by atoms with Gasteiger partial charge in [-0.05, 0) is 35.7 Å². The standard InChI is InChI=1S/C11H17BrN2O/c1-9-10(12)7-14(13-9)8-11(15)5-3-2-4-6-11/h7,15H,2-6,8H2,1H3. The Kier molecular flexibility index (Phi) is 3.16. The molecule has 2 rings (SSSR count). The number of aryl methyl sites for hydroxylation is 1. The Morgan fingerprint density at radius 2 is 2.13 bits per heavy atom. The molecule has 1 aliphatic carbocycles. The molecule has 1 saturated carbocycles. The highest BCUT2D eigenvalue weighted by Gasteiger charge is 2.29. The minimum absolute atomic E-state index is 0.532. The molecule has 0 amide bonds. The zero-order chi connectivity index (χ0) is 10.9. The van der Waals surface area contributed by atoms with Crippen LogP contribution in [0.25, 0.3) is 0 Å². The molecule has 15 heavy (non-hydrogen) atoms. The fourth-order valence-electron chi connectivity index (χ4n) is 2.24. The first-order chi connectivity index (χ1) is 7.09. The molecule has 0 atom stereocenters. The van der Waals surface area contributed by atoms with Crippen molar-refractivity contribution in [3.63, 3.8) is 0 Å². The van der Waals surface area contributed by atoms with E-state index in [1.165, 1.54) is 6.42 Å². The van der Waals surface area contributed by atoms with E-state index < -0.39 is 5.60 Å². The van der Waals surface area contributed by atoms with E-state index in [0.717, 1.165) is 35.8 Å². The molecule has 4 heteroatoms. The molecule has 1 N–H and O–H groups in total. The van der Waals surface area contributed by atoms with Crippen LogP contribution in [0.4, 0.5) is 0 Å². The Bertz CT molecular complexity index is 323. The fourth-order valence-corrected chi connectivity index (χ4v) is 2.56. The van der Waals surface area contributed by atoms with Gasteiger partial charge in [-0.1, -0.05) is 19.3 Å². The highest BCUT2D eigenvalue weighted by atomic mass is 79.9. The average molecular weight is 273 g/mol. The summed E-state index contributed by atoms with van der Waals surface area (Å²) in [4.78, 5) is 0. The maximum absolute atomic E-state index is 10.3. The topological polar surface area (TPSA) is 38.0 Å². The van der Waals surface area contributed by atoms with Crippen molar-refractivity contribution in [1.29, 1.82) is 0 Å². The molecular weight excluding hydrogens is 256 g/mol. The maximum atomic E-state index is 10.3. The predicted octanol–water partition coefficient (Wildman–Crippen LogP) is 2.65. The van der Waals surface area contributed by atoms with E-state index >= 15 is 0 Å². The lowest BCUT2D eigenvalue weighted by Gasteiger charge is -2.31. The Labute approximate surface area is 98.6 Å². The molecular formula is C11H17BrN2O. The summed E-state index contributed by atoms with van der Waals surface area (Å²) in [6, 6.07) is 0. The smallest absolute Gasteiger partial charge is 0.0842 e. The monoisotopic (exact) mass is 272 g/mol. The Morgan fingerprint density at radius 3 is 2.67 bits per heavy atom. The van der Waals surface area contributed by atoms with Crippen molar-refractivity contribution in [2.24, 2.45) is 0 Å². The third-order valence-corrected chi connectivity index (χ3v) is 3.91. The van der Waals surface area contributed by atoms with Crippen LogP contribution in [0, 0.1) is 6.92 Å². The SMILES string of the molecule is Cc1nn(CC2(O)CCCCC2)cc1Br. The molecule has 1 aromatic rings. The fraction of sp³-hybridized carbons (Fsp3) is 0.727. The molecule has 0 radical (unpaired) electrons. The third-order valence-electron chi connectivity index (χ3n) is 3.13. The van der Waals surface area contributed by atoms with E-state index in [1.54, 1.807) is 0 Å². The van der Waals surface area contributed by atoms with Gasteiger partial charge in [0.2, 0.25) is 0 Å². The zero-order valence-electron chi connectivity index (χ0n) is 9.04. The Morgan fingerprint density at radius 1 is 1.47 bits per heavy atom. The van der Waals surface area contributed by atoms with Crippen molar-refractivity contribution in [2.75, 3.05) is 0 Å². The van der Waals surface area contributed by atoms with Crippen LogP contribution in [0.2, 0.25) is 0 Å². The van der Waals surface area contributed by atoms with Crippen molar-refractivity contribution in [3.05, 3.63) is 16.4 Å². The van der Waals surface area contributed by atoms with Crippen molar-refractivity contribution in [1.82, 2.24) is 9.78 Å². The molecule has 0 aliphatic heterocycles. The van der Waals surface area contributed by atoms with Crippen LogP contribution in [0.5, 0.6) is 0 Å². The van der Waals surface area contributed by atoms with Crippen LogP contribution in [0.3, 0.4) is 0 Å². The largest absolute Gasteiger partial charge is 0.388 e. The van der Waals surface area contributed by atoms with Gasteiger partial charge in [0.05, 0.1) is 22.3 Å². The summed E-state index contributed by atoms with van der Waals surface area (Å²) in [6.45, 7) is 2.59. The summed E-state index contributed by atoms with van der Waals surface area (Å²) in [5.41, 5.74) is 0.449. The lowest BCUT2D eigenvalue weighted by atomic mass is 9.85. The summed E-state index contributed by atoms with van der Waals surface area (Å²) in [6.07, 6.45) is 7.29. The molecule has 84 valence electrons. The quantitative estimate of drug-likeness (QED) is 0.899. The van der Waals surface area contributed by atoms with Gasteiger partial charge in [0.1, 0.15) is 0 Å². The second-order valence-corrected chi connectivity index (χ2v) is 5.40. The van der Waals surface area contributed by atoms with Gasteiger partial charge in [0.25, 0.3) is 0 Å². The van der Waals surface area contributed by atoms with Gasteiger partial charge in [-0.25, -0.2) is 0 Å². The van der Waals surface area contributed by atoms with Crippen molar-refractivity contribution in [2.45, 2.75) is 51.2 Å². The lowest BCUT2D eigenvalue weighted by molar-refractivity contribution is -0.0143. The maximum Gasteiger partial charge on any atom is 0.0842 e. The Balaban J connectivity index is 2.06. The second kappa shape index (κ2) is 4.26. The number of nitrogens with zero attached hydrogens (tertiary/aromatic N) is 2. The van der Waals surface area contributed by atoms with E-state index in [-0.39, 0.29) is 0 Å². The number of hydrogen-bond acceptors (Lipinski definition) is 2. The first-order valence-corrected chi connectivity index (χ1v) is 6.30. The lowest BCUT2D eigenvalue weighted by Crippen LogP contribution is -2.36. The van der Waals surface area contributed by atoms with Crippen LogP contribution < -0.4 is 0 Å². The molecule has 1 aliphatic rings. The first kappa shape index (κ1) is 11.1. The molecule has 3 nitrogen and oxygen atoms in total. The highest BCUT2D eigenvalue weighted by Crippen LogP contribution is 2.29. The molecule has 0 aromatic carbocycles. The normalized spacial score (nSPS) is 20.5. The van der Waals surface area contributed by atoms with E-state index in [2.05, 4.69) is 21.0 Å². The van der Waals surface area contributed by atoms with Gasteiger partial charge in [-0.2, -0.15) is 5.10 Å². The number of aliphatic hydroxyl groups is 1. The van der Waals surface area contributed by atoms with Gasteiger partial charge >= 0.3 is 0 Å². The molecule has 0 unspecified atom stereocenters. The highest BCUT2D eigenvalue weighted by molar-refractivity contribution is 9.10. The van der Waals surface area contributed by atoms with E-state index in [0.29, 0.717) is 6.54 Å². The van der Waals surface area contributed by atoms with Gasteiger partial charge in [-0.15, -0.1) is 0 Å². The number of aromatic nitrogens is 2. The Hall–Kier alpha value is -0.350. The minimum Gasteiger partial charge on any atom is -0.388 e. The minimum atomic E-state index is -0.532. The van der Waals surface area contributed by atoms with Crippen LogP contribution in [0.1, 0.15) is 37.8 Å². The predicted molar refractivity (Wildman–Crippen MR) is 62.7 cm³/mol. The number of halogens is 1. The van der Waals surface area contributed by atoms with Crippen molar-refractivity contribution in [3.8, 4) is 0 Å². The van der Waals surface area contributed by atoms with Crippen LogP contribution in [0.15, 0.2) is 10.7 Å². The van der Waals surface area contributed by atoms with E-state index in [1.807, 2.05) is 17.8 Å². The van der Waals surface area contributed by atoms with Crippen LogP contribution in [-0.4, -0.2) is 20.5 Å². The molecule has 1 heterocycles. The number of hydrogen-bond donors (Lipinski definition) is 1. The zero-order valence-corrected chi connectivity index (χ0v) is 10.6. The van der Waals surface area contributed by atoms with Gasteiger partial charge in [0.15, 0.2) is 0 Å². The molecule has 0 bridgehead atoms. The summed E-state index contributed by atoms with van der Waals surface area (Å²) in [7, 11) is 0. The van der Waals surface area contributed by atoms with Gasteiger partial charge in [0, 0.05) is 6.20 Å². The van der Waals surface area contributed by atoms with Crippen molar-refractivity contribution >= 4 is 15.9 Å². The van der Waals surface area contributed by atoms with Crippen LogP contribution >= 0.6 is 15.9 Å². The second-order valence-electron chi connectivity index (χ2n) is 4.55.